The van der Waals surface area contributed by atoms with Crippen molar-refractivity contribution in [1.29, 1.82) is 0 Å². The monoisotopic (exact) mass is 191 g/mol. The topological polar surface area (TPSA) is 42.4 Å². The Hall–Kier alpha value is -1.53. The average Bonchev–Trinajstić information content (AvgIpc) is 2.25. The van der Waals surface area contributed by atoms with E-state index in [9.17, 15) is 0 Å². The third-order valence-corrected chi connectivity index (χ3v) is 1.64. The number of hydrogen-bond donors (Lipinski definition) is 1. The normalized spacial score (nSPS) is 9.00. The van der Waals surface area contributed by atoms with Crippen LogP contribution in [0.2, 0.25) is 0 Å². The summed E-state index contributed by atoms with van der Waals surface area (Å²) in [6.45, 7) is 0.186. The molecule has 0 amide bonds. The van der Waals surface area contributed by atoms with Gasteiger partial charge in [-0.1, -0.05) is 11.8 Å². The molecule has 0 saturated carbocycles. The van der Waals surface area contributed by atoms with Crippen LogP contribution in [0.5, 0.6) is 5.75 Å². The maximum atomic E-state index is 8.55. The number of pyridine rings is 1. The van der Waals surface area contributed by atoms with Gasteiger partial charge < -0.3 is 9.84 Å². The highest BCUT2D eigenvalue weighted by molar-refractivity contribution is 5.36. The van der Waals surface area contributed by atoms with Gasteiger partial charge in [-0.3, -0.25) is 4.98 Å². The van der Waals surface area contributed by atoms with Crippen LogP contribution in [0, 0.1) is 11.8 Å². The Labute approximate surface area is 83.7 Å². The minimum atomic E-state index is 0.186. The molecule has 0 fully saturated rings. The summed E-state index contributed by atoms with van der Waals surface area (Å²) >= 11 is 0. The quantitative estimate of drug-likeness (QED) is 0.577. The lowest BCUT2D eigenvalue weighted by Gasteiger charge is -1.97. The molecule has 0 aromatic carbocycles. The van der Waals surface area contributed by atoms with Crippen molar-refractivity contribution < 1.29 is 9.84 Å². The van der Waals surface area contributed by atoms with Gasteiger partial charge in [0.1, 0.15) is 5.75 Å². The number of ether oxygens (including phenoxy) is 1. The summed E-state index contributed by atoms with van der Waals surface area (Å²) in [7, 11) is 1.60. The molecule has 1 heterocycles. The molecule has 3 nitrogen and oxygen atoms in total. The minimum Gasteiger partial charge on any atom is -0.495 e. The number of hydrogen-bond acceptors (Lipinski definition) is 3. The smallest absolute Gasteiger partial charge is 0.138 e. The Balaban J connectivity index is 2.60. The van der Waals surface area contributed by atoms with Crippen molar-refractivity contribution >= 4 is 0 Å². The van der Waals surface area contributed by atoms with Crippen LogP contribution < -0.4 is 4.74 Å². The Kier molecular flexibility index (Phi) is 4.53. The summed E-state index contributed by atoms with van der Waals surface area (Å²) in [5.41, 5.74) is 0.835. The summed E-state index contributed by atoms with van der Waals surface area (Å²) < 4.78 is 5.01. The van der Waals surface area contributed by atoms with Crippen molar-refractivity contribution in [2.45, 2.75) is 12.8 Å². The van der Waals surface area contributed by atoms with Crippen LogP contribution in [0.25, 0.3) is 0 Å². The Morgan fingerprint density at radius 3 is 3.07 bits per heavy atom. The van der Waals surface area contributed by atoms with Crippen LogP contribution in [0.1, 0.15) is 18.4 Å². The number of unbranched alkanes of at least 4 members (excludes halogenated alkanes) is 1. The third-order valence-electron chi connectivity index (χ3n) is 1.64. The van der Waals surface area contributed by atoms with Gasteiger partial charge in [0.25, 0.3) is 0 Å². The molecule has 0 aliphatic carbocycles. The molecule has 0 atom stereocenters. The Morgan fingerprint density at radius 1 is 1.50 bits per heavy atom. The standard InChI is InChI=1S/C11H13NO2/c1-14-11-7-10(8-12-9-11)5-3-2-4-6-13/h7-9,13H,2,4,6H2,1H3. The summed E-state index contributed by atoms with van der Waals surface area (Å²) in [5.74, 6) is 6.61. The van der Waals surface area contributed by atoms with Crippen molar-refractivity contribution in [2.24, 2.45) is 0 Å². The fourth-order valence-electron chi connectivity index (χ4n) is 0.931. The summed E-state index contributed by atoms with van der Waals surface area (Å²) in [6, 6.07) is 1.83. The highest BCUT2D eigenvalue weighted by atomic mass is 16.5. The SMILES string of the molecule is COc1cncc(C#CCCCO)c1. The lowest BCUT2D eigenvalue weighted by molar-refractivity contribution is 0.290. The first-order valence-corrected chi connectivity index (χ1v) is 4.45. The maximum absolute atomic E-state index is 8.55. The molecule has 1 aromatic rings. The summed E-state index contributed by atoms with van der Waals surface area (Å²) in [4.78, 5) is 3.98. The Bertz CT molecular complexity index is 339. The first-order chi connectivity index (χ1) is 6.86. The van der Waals surface area contributed by atoms with Gasteiger partial charge in [0, 0.05) is 24.8 Å². The second-order valence-corrected chi connectivity index (χ2v) is 2.74. The van der Waals surface area contributed by atoms with Gasteiger partial charge in [-0.25, -0.2) is 0 Å². The van der Waals surface area contributed by atoms with Gasteiger partial charge in [0.15, 0.2) is 0 Å². The van der Waals surface area contributed by atoms with Gasteiger partial charge >= 0.3 is 0 Å². The van der Waals surface area contributed by atoms with Gasteiger partial charge in [0.2, 0.25) is 0 Å². The minimum absolute atomic E-state index is 0.186. The second-order valence-electron chi connectivity index (χ2n) is 2.74. The van der Waals surface area contributed by atoms with Crippen molar-refractivity contribution in [3.05, 3.63) is 24.0 Å². The maximum Gasteiger partial charge on any atom is 0.138 e. The van der Waals surface area contributed by atoms with Crippen LogP contribution >= 0.6 is 0 Å². The zero-order valence-corrected chi connectivity index (χ0v) is 8.16. The van der Waals surface area contributed by atoms with E-state index in [1.807, 2.05) is 6.07 Å². The van der Waals surface area contributed by atoms with Crippen molar-refractivity contribution in [2.75, 3.05) is 13.7 Å². The highest BCUT2D eigenvalue weighted by Gasteiger charge is 1.91. The van der Waals surface area contributed by atoms with E-state index in [1.54, 1.807) is 19.5 Å². The third kappa shape index (κ3) is 3.46. The highest BCUT2D eigenvalue weighted by Crippen LogP contribution is 2.08. The molecule has 0 unspecified atom stereocenters. The van der Waals surface area contributed by atoms with Crippen LogP contribution in [0.15, 0.2) is 18.5 Å². The molecule has 0 aliphatic heterocycles. The van der Waals surface area contributed by atoms with E-state index >= 15 is 0 Å². The lowest BCUT2D eigenvalue weighted by atomic mass is 10.2. The fraction of sp³-hybridized carbons (Fsp3) is 0.364. The Morgan fingerprint density at radius 2 is 2.36 bits per heavy atom. The van der Waals surface area contributed by atoms with E-state index in [4.69, 9.17) is 9.84 Å². The molecular weight excluding hydrogens is 178 g/mol. The predicted molar refractivity (Wildman–Crippen MR) is 54.0 cm³/mol. The molecule has 0 saturated heterocycles. The molecule has 3 heteroatoms. The molecular formula is C11H13NO2. The van der Waals surface area contributed by atoms with Crippen molar-refractivity contribution in [1.82, 2.24) is 4.98 Å². The molecule has 1 N–H and O–H groups in total. The van der Waals surface area contributed by atoms with Gasteiger partial charge in [0.05, 0.1) is 13.3 Å². The number of nitrogens with zero attached hydrogens (tertiary/aromatic N) is 1. The van der Waals surface area contributed by atoms with Gasteiger partial charge in [-0.05, 0) is 12.5 Å². The molecule has 0 radical (unpaired) electrons. The average molecular weight is 191 g/mol. The van der Waals surface area contributed by atoms with Crippen LogP contribution in [-0.2, 0) is 0 Å². The van der Waals surface area contributed by atoms with Crippen molar-refractivity contribution in [3.63, 3.8) is 0 Å². The number of aliphatic hydroxyl groups is 1. The first kappa shape index (κ1) is 10.6. The molecule has 14 heavy (non-hydrogen) atoms. The van der Waals surface area contributed by atoms with E-state index in [1.165, 1.54) is 0 Å². The van der Waals surface area contributed by atoms with E-state index in [0.29, 0.717) is 18.6 Å². The molecule has 0 spiro atoms. The fourth-order valence-corrected chi connectivity index (χ4v) is 0.931. The van der Waals surface area contributed by atoms with E-state index in [2.05, 4.69) is 16.8 Å². The van der Waals surface area contributed by atoms with E-state index in [-0.39, 0.29) is 6.61 Å². The number of methoxy groups -OCH3 is 1. The lowest BCUT2D eigenvalue weighted by Crippen LogP contribution is -1.85. The van der Waals surface area contributed by atoms with Crippen LogP contribution in [0.4, 0.5) is 0 Å². The molecule has 0 aliphatic rings. The number of aromatic nitrogens is 1. The van der Waals surface area contributed by atoms with Crippen LogP contribution in [-0.4, -0.2) is 23.8 Å². The largest absolute Gasteiger partial charge is 0.495 e. The summed E-state index contributed by atoms with van der Waals surface area (Å²) in [6.07, 6.45) is 4.74. The van der Waals surface area contributed by atoms with Gasteiger partial charge in [-0.15, -0.1) is 0 Å². The predicted octanol–water partition coefficient (Wildman–Crippen LogP) is 1.21. The summed E-state index contributed by atoms with van der Waals surface area (Å²) in [5, 5.41) is 8.55. The second kappa shape index (κ2) is 6.01. The van der Waals surface area contributed by atoms with Crippen molar-refractivity contribution in [3.8, 4) is 17.6 Å². The van der Waals surface area contributed by atoms with Gasteiger partial charge in [-0.2, -0.15) is 0 Å². The molecule has 1 aromatic heterocycles. The zero-order chi connectivity index (χ0) is 10.2. The van der Waals surface area contributed by atoms with E-state index < -0.39 is 0 Å². The van der Waals surface area contributed by atoms with Crippen LogP contribution in [0.3, 0.4) is 0 Å². The zero-order valence-electron chi connectivity index (χ0n) is 8.16. The molecule has 0 bridgehead atoms. The molecule has 1 rings (SSSR count). The first-order valence-electron chi connectivity index (χ1n) is 4.45. The number of rotatable bonds is 3. The molecule has 74 valence electrons. The number of aliphatic hydroxyl groups excluding tert-OH is 1. The van der Waals surface area contributed by atoms with E-state index in [0.717, 1.165) is 5.56 Å².